The number of aryl methyl sites for hydroxylation is 1. The van der Waals surface area contributed by atoms with Gasteiger partial charge in [-0.3, -0.25) is 14.4 Å². The minimum atomic E-state index is -0.771. The Bertz CT molecular complexity index is 1280. The zero-order chi connectivity index (χ0) is 23.7. The highest BCUT2D eigenvalue weighted by molar-refractivity contribution is 6.37. The van der Waals surface area contributed by atoms with E-state index >= 15 is 4.39 Å². The van der Waals surface area contributed by atoms with Crippen molar-refractivity contribution in [1.82, 2.24) is 0 Å². The number of hydrogen-bond acceptors (Lipinski definition) is 5. The van der Waals surface area contributed by atoms with E-state index < -0.39 is 23.6 Å². The van der Waals surface area contributed by atoms with Gasteiger partial charge >= 0.3 is 5.97 Å². The van der Waals surface area contributed by atoms with Gasteiger partial charge in [0, 0.05) is 5.39 Å². The molecule has 0 unspecified atom stereocenters. The molecule has 0 bridgehead atoms. The minimum Gasteiger partial charge on any atom is -0.492 e. The van der Waals surface area contributed by atoms with Crippen LogP contribution in [0.2, 0.25) is 0 Å². The Morgan fingerprint density at radius 1 is 0.939 bits per heavy atom. The summed E-state index contributed by atoms with van der Waals surface area (Å²) in [4.78, 5) is 39.6. The molecule has 1 aliphatic heterocycles. The highest BCUT2D eigenvalue weighted by Gasteiger charge is 2.43. The molecule has 0 fully saturated rings. The number of anilines is 1. The van der Waals surface area contributed by atoms with Crippen molar-refractivity contribution in [1.29, 1.82) is 0 Å². The number of fused-ring (bicyclic) bond motifs is 2. The fraction of sp³-hybridized carbons (Fsp3) is 0.269. The molecule has 2 amide bonds. The fourth-order valence-corrected chi connectivity index (χ4v) is 4.33. The molecular formula is C26H24FNO5. The zero-order valence-electron chi connectivity index (χ0n) is 18.7. The lowest BCUT2D eigenvalue weighted by Crippen LogP contribution is -2.30. The molecule has 0 aliphatic carbocycles. The maximum Gasteiger partial charge on any atom is 0.310 e. The Kier molecular flexibility index (Phi) is 6.14. The maximum atomic E-state index is 15.1. The molecule has 0 saturated heterocycles. The number of benzene rings is 3. The lowest BCUT2D eigenvalue weighted by atomic mass is 9.92. The Labute approximate surface area is 190 Å². The molecule has 0 spiro atoms. The number of ether oxygens (including phenoxy) is 2. The smallest absolute Gasteiger partial charge is 0.310 e. The molecule has 3 aromatic rings. The second-order valence-corrected chi connectivity index (χ2v) is 7.60. The van der Waals surface area contributed by atoms with E-state index in [0.717, 1.165) is 27.3 Å². The molecule has 4 rings (SSSR count). The molecule has 0 aromatic heterocycles. The molecule has 6 nitrogen and oxygen atoms in total. The fourth-order valence-electron chi connectivity index (χ4n) is 4.33. The average molecular weight is 449 g/mol. The van der Waals surface area contributed by atoms with Crippen LogP contribution in [-0.4, -0.2) is 31.0 Å². The van der Waals surface area contributed by atoms with E-state index in [-0.39, 0.29) is 29.8 Å². The molecule has 7 heteroatoms. The second kappa shape index (κ2) is 9.02. The van der Waals surface area contributed by atoms with Gasteiger partial charge in [-0.1, -0.05) is 37.3 Å². The molecule has 0 N–H and O–H groups in total. The first-order chi connectivity index (χ1) is 15.9. The summed E-state index contributed by atoms with van der Waals surface area (Å²) < 4.78 is 25.8. The largest absolute Gasteiger partial charge is 0.492 e. The number of amides is 2. The number of carbonyl (C=O) groups is 3. The SMILES string of the molecule is CCOC(=O)Cc1ccc(N2C(=O)c3c(c(OCC)c4ccccc4c3CC)C2=O)c(F)c1. The highest BCUT2D eigenvalue weighted by Crippen LogP contribution is 2.43. The Balaban J connectivity index is 1.84. The van der Waals surface area contributed by atoms with Crippen molar-refractivity contribution in [2.24, 2.45) is 0 Å². The maximum absolute atomic E-state index is 15.1. The van der Waals surface area contributed by atoms with E-state index in [0.29, 0.717) is 24.3 Å². The van der Waals surface area contributed by atoms with Crippen molar-refractivity contribution in [3.05, 3.63) is 70.5 Å². The Hall–Kier alpha value is -3.74. The van der Waals surface area contributed by atoms with Crippen LogP contribution < -0.4 is 9.64 Å². The van der Waals surface area contributed by atoms with Crippen molar-refractivity contribution in [2.75, 3.05) is 18.1 Å². The molecule has 33 heavy (non-hydrogen) atoms. The van der Waals surface area contributed by atoms with Crippen molar-refractivity contribution in [2.45, 2.75) is 33.6 Å². The summed E-state index contributed by atoms with van der Waals surface area (Å²) in [5, 5.41) is 1.57. The topological polar surface area (TPSA) is 72.9 Å². The van der Waals surface area contributed by atoms with E-state index in [2.05, 4.69) is 0 Å². The first-order valence-electron chi connectivity index (χ1n) is 11.0. The highest BCUT2D eigenvalue weighted by atomic mass is 19.1. The second-order valence-electron chi connectivity index (χ2n) is 7.60. The standard InChI is InChI=1S/C26H24FNO5/c1-4-16-17-9-7-8-10-18(17)24(33-6-3)23-22(16)25(30)28(26(23)31)20-12-11-15(13-19(20)27)14-21(29)32-5-2/h7-13H,4-6,14H2,1-3H3. The predicted octanol–water partition coefficient (Wildman–Crippen LogP) is 4.85. The first kappa shape index (κ1) is 22.5. The third kappa shape index (κ3) is 3.73. The molecule has 170 valence electrons. The van der Waals surface area contributed by atoms with E-state index in [9.17, 15) is 14.4 Å². The van der Waals surface area contributed by atoms with Gasteiger partial charge < -0.3 is 9.47 Å². The average Bonchev–Trinajstić information content (AvgIpc) is 3.05. The third-order valence-corrected chi connectivity index (χ3v) is 5.66. The van der Waals surface area contributed by atoms with Gasteiger partial charge in [0.05, 0.1) is 36.4 Å². The normalized spacial score (nSPS) is 12.9. The Morgan fingerprint density at radius 2 is 1.64 bits per heavy atom. The summed E-state index contributed by atoms with van der Waals surface area (Å²) in [5.74, 6) is -2.13. The lowest BCUT2D eigenvalue weighted by molar-refractivity contribution is -0.142. The van der Waals surface area contributed by atoms with Crippen molar-refractivity contribution >= 4 is 34.2 Å². The minimum absolute atomic E-state index is 0.104. The van der Waals surface area contributed by atoms with Crippen LogP contribution in [0.15, 0.2) is 42.5 Å². The molecule has 1 aliphatic rings. The summed E-state index contributed by atoms with van der Waals surface area (Å²) in [6, 6.07) is 11.5. The van der Waals surface area contributed by atoms with Crippen LogP contribution in [0.25, 0.3) is 10.8 Å². The van der Waals surface area contributed by atoms with Gasteiger partial charge in [-0.25, -0.2) is 9.29 Å². The molecule has 3 aromatic carbocycles. The molecule has 0 radical (unpaired) electrons. The van der Waals surface area contributed by atoms with Crippen LogP contribution in [-0.2, 0) is 22.4 Å². The summed E-state index contributed by atoms with van der Waals surface area (Å²) in [7, 11) is 0. The summed E-state index contributed by atoms with van der Waals surface area (Å²) in [6.07, 6.45) is 0.413. The van der Waals surface area contributed by atoms with Gasteiger partial charge in [-0.2, -0.15) is 0 Å². The number of imide groups is 1. The number of carbonyl (C=O) groups excluding carboxylic acids is 3. The van der Waals surface area contributed by atoms with Crippen LogP contribution in [0.1, 0.15) is 52.6 Å². The van der Waals surface area contributed by atoms with Gasteiger partial charge in [-0.15, -0.1) is 0 Å². The quantitative estimate of drug-likeness (QED) is 0.381. The monoisotopic (exact) mass is 449 g/mol. The molecule has 0 saturated carbocycles. The number of halogens is 1. The van der Waals surface area contributed by atoms with Gasteiger partial charge in [-0.05, 0) is 48.9 Å². The van der Waals surface area contributed by atoms with Crippen LogP contribution in [0, 0.1) is 5.82 Å². The molecule has 0 atom stereocenters. The number of nitrogens with zero attached hydrogens (tertiary/aromatic N) is 1. The summed E-state index contributed by atoms with van der Waals surface area (Å²) in [5.41, 5.74) is 1.36. The first-order valence-corrected chi connectivity index (χ1v) is 11.0. The lowest BCUT2D eigenvalue weighted by Gasteiger charge is -2.16. The van der Waals surface area contributed by atoms with Crippen LogP contribution in [0.3, 0.4) is 0 Å². The summed E-state index contributed by atoms with van der Waals surface area (Å²) >= 11 is 0. The van der Waals surface area contributed by atoms with Crippen molar-refractivity contribution in [3.8, 4) is 5.75 Å². The van der Waals surface area contributed by atoms with Crippen LogP contribution >= 0.6 is 0 Å². The zero-order valence-corrected chi connectivity index (χ0v) is 18.7. The van der Waals surface area contributed by atoms with Crippen LogP contribution in [0.4, 0.5) is 10.1 Å². The number of esters is 1. The van der Waals surface area contributed by atoms with Gasteiger partial charge in [0.2, 0.25) is 0 Å². The van der Waals surface area contributed by atoms with Gasteiger partial charge in [0.1, 0.15) is 11.6 Å². The van der Waals surface area contributed by atoms with Gasteiger partial charge in [0.25, 0.3) is 11.8 Å². The van der Waals surface area contributed by atoms with Crippen molar-refractivity contribution < 1.29 is 28.2 Å². The number of rotatable bonds is 7. The van der Waals surface area contributed by atoms with E-state index in [1.807, 2.05) is 31.2 Å². The van der Waals surface area contributed by atoms with Gasteiger partial charge in [0.15, 0.2) is 0 Å². The Morgan fingerprint density at radius 3 is 2.27 bits per heavy atom. The third-order valence-electron chi connectivity index (χ3n) is 5.66. The molecular weight excluding hydrogens is 425 g/mol. The number of hydrogen-bond donors (Lipinski definition) is 0. The van der Waals surface area contributed by atoms with E-state index in [4.69, 9.17) is 9.47 Å². The predicted molar refractivity (Wildman–Crippen MR) is 122 cm³/mol. The summed E-state index contributed by atoms with van der Waals surface area (Å²) in [6.45, 7) is 5.93. The van der Waals surface area contributed by atoms with E-state index in [1.165, 1.54) is 12.1 Å². The van der Waals surface area contributed by atoms with E-state index in [1.54, 1.807) is 13.8 Å². The van der Waals surface area contributed by atoms with Crippen LogP contribution in [0.5, 0.6) is 5.75 Å². The van der Waals surface area contributed by atoms with Crippen molar-refractivity contribution in [3.63, 3.8) is 0 Å². The molecule has 1 heterocycles.